The molecule has 146 valence electrons. The van der Waals surface area contributed by atoms with Gasteiger partial charge < -0.3 is 9.84 Å². The summed E-state index contributed by atoms with van der Waals surface area (Å²) in [7, 11) is 1.69. The van der Waals surface area contributed by atoms with E-state index in [2.05, 4.69) is 45.9 Å². The molecule has 0 aromatic heterocycles. The van der Waals surface area contributed by atoms with E-state index >= 15 is 0 Å². The average Bonchev–Trinajstić information content (AvgIpc) is 2.59. The smallest absolute Gasteiger partial charge is 0.126 e. The summed E-state index contributed by atoms with van der Waals surface area (Å²) in [6.07, 6.45) is 14.6. The number of phenols is 1. The van der Waals surface area contributed by atoms with Crippen LogP contribution in [0.4, 0.5) is 0 Å². The third kappa shape index (κ3) is 8.60. The molecule has 0 radical (unpaired) electrons. The van der Waals surface area contributed by atoms with Crippen LogP contribution in [0.2, 0.25) is 0 Å². The molecule has 0 saturated carbocycles. The maximum atomic E-state index is 10.5. The van der Waals surface area contributed by atoms with E-state index < -0.39 is 0 Å². The second kappa shape index (κ2) is 12.6. The van der Waals surface area contributed by atoms with E-state index in [1.54, 1.807) is 7.11 Å². The van der Waals surface area contributed by atoms with Crippen LogP contribution in [0, 0.1) is 0 Å². The van der Waals surface area contributed by atoms with Gasteiger partial charge in [-0.25, -0.2) is 0 Å². The van der Waals surface area contributed by atoms with Gasteiger partial charge in [-0.3, -0.25) is 0 Å². The Labute approximate surface area is 161 Å². The molecule has 0 heterocycles. The van der Waals surface area contributed by atoms with E-state index in [1.807, 2.05) is 6.07 Å². The highest BCUT2D eigenvalue weighted by Gasteiger charge is 2.10. The van der Waals surface area contributed by atoms with Gasteiger partial charge in [0.25, 0.3) is 0 Å². The lowest BCUT2D eigenvalue weighted by molar-refractivity contribution is 0.400. The van der Waals surface area contributed by atoms with E-state index in [1.165, 1.54) is 48.8 Å². The van der Waals surface area contributed by atoms with Gasteiger partial charge in [-0.1, -0.05) is 55.9 Å². The molecule has 0 amide bonds. The minimum Gasteiger partial charge on any atom is -0.508 e. The van der Waals surface area contributed by atoms with E-state index in [9.17, 15) is 5.11 Å². The SMILES string of the molecule is CCCCCCCc1cc(O)c(C/C=C(\C)CCC=C(C)C)c(OC)c1. The first-order chi connectivity index (χ1) is 12.5. The van der Waals surface area contributed by atoms with Crippen molar-refractivity contribution in [1.29, 1.82) is 0 Å². The molecule has 0 bridgehead atoms. The minimum atomic E-state index is 0.362. The van der Waals surface area contributed by atoms with Crippen molar-refractivity contribution in [2.45, 2.75) is 85.5 Å². The number of hydrogen-bond donors (Lipinski definition) is 1. The fraction of sp³-hybridized carbons (Fsp3) is 0.583. The van der Waals surface area contributed by atoms with Crippen molar-refractivity contribution in [3.63, 3.8) is 0 Å². The largest absolute Gasteiger partial charge is 0.508 e. The van der Waals surface area contributed by atoms with Crippen LogP contribution in [-0.2, 0) is 12.8 Å². The van der Waals surface area contributed by atoms with Crippen LogP contribution in [0.25, 0.3) is 0 Å². The molecule has 1 aromatic carbocycles. The number of aryl methyl sites for hydroxylation is 1. The zero-order chi connectivity index (χ0) is 19.4. The van der Waals surface area contributed by atoms with Crippen LogP contribution < -0.4 is 4.74 Å². The Morgan fingerprint density at radius 2 is 1.77 bits per heavy atom. The molecule has 0 aliphatic heterocycles. The zero-order valence-electron chi connectivity index (χ0n) is 17.5. The predicted octanol–water partition coefficient (Wildman–Crippen LogP) is 7.15. The molecule has 0 aliphatic rings. The Morgan fingerprint density at radius 1 is 1.04 bits per heavy atom. The second-order valence-electron chi connectivity index (χ2n) is 7.53. The molecule has 0 atom stereocenters. The summed E-state index contributed by atoms with van der Waals surface area (Å²) in [5.74, 6) is 1.17. The summed E-state index contributed by atoms with van der Waals surface area (Å²) in [6.45, 7) is 8.66. The van der Waals surface area contributed by atoms with Gasteiger partial charge in [0.15, 0.2) is 0 Å². The Hall–Kier alpha value is -1.70. The molecule has 2 nitrogen and oxygen atoms in total. The zero-order valence-corrected chi connectivity index (χ0v) is 17.5. The third-order valence-corrected chi connectivity index (χ3v) is 4.78. The number of aromatic hydroxyl groups is 1. The maximum absolute atomic E-state index is 10.5. The van der Waals surface area contributed by atoms with E-state index in [0.717, 1.165) is 30.6 Å². The normalized spacial score (nSPS) is 11.5. The molecule has 1 aromatic rings. The van der Waals surface area contributed by atoms with E-state index in [-0.39, 0.29) is 0 Å². The molecule has 0 spiro atoms. The van der Waals surface area contributed by atoms with E-state index in [4.69, 9.17) is 4.74 Å². The van der Waals surface area contributed by atoms with Gasteiger partial charge in [-0.05, 0) is 70.6 Å². The summed E-state index contributed by atoms with van der Waals surface area (Å²) in [5, 5.41) is 10.5. The highest BCUT2D eigenvalue weighted by Crippen LogP contribution is 2.31. The molecule has 1 N–H and O–H groups in total. The number of methoxy groups -OCH3 is 1. The highest BCUT2D eigenvalue weighted by molar-refractivity contribution is 5.48. The second-order valence-corrected chi connectivity index (χ2v) is 7.53. The van der Waals surface area contributed by atoms with Gasteiger partial charge in [0.05, 0.1) is 7.11 Å². The van der Waals surface area contributed by atoms with Gasteiger partial charge in [-0.2, -0.15) is 0 Å². The maximum Gasteiger partial charge on any atom is 0.126 e. The number of rotatable bonds is 12. The fourth-order valence-corrected chi connectivity index (χ4v) is 3.12. The average molecular weight is 359 g/mol. The summed E-state index contributed by atoms with van der Waals surface area (Å²) in [4.78, 5) is 0. The number of ether oxygens (including phenoxy) is 1. The molecule has 0 saturated heterocycles. The van der Waals surface area contributed by atoms with Crippen molar-refractivity contribution in [2.75, 3.05) is 7.11 Å². The first kappa shape index (κ1) is 22.3. The van der Waals surface area contributed by atoms with Crippen molar-refractivity contribution in [1.82, 2.24) is 0 Å². The molecule has 2 heteroatoms. The lowest BCUT2D eigenvalue weighted by Gasteiger charge is -2.12. The van der Waals surface area contributed by atoms with Gasteiger partial charge in [0.1, 0.15) is 11.5 Å². The Balaban J connectivity index is 2.69. The molecule has 0 unspecified atom stereocenters. The lowest BCUT2D eigenvalue weighted by atomic mass is 10.00. The third-order valence-electron chi connectivity index (χ3n) is 4.78. The highest BCUT2D eigenvalue weighted by atomic mass is 16.5. The topological polar surface area (TPSA) is 29.5 Å². The summed E-state index contributed by atoms with van der Waals surface area (Å²) in [6, 6.07) is 4.02. The van der Waals surface area contributed by atoms with Crippen LogP contribution in [0.3, 0.4) is 0 Å². The van der Waals surface area contributed by atoms with Crippen molar-refractivity contribution < 1.29 is 9.84 Å². The van der Waals surface area contributed by atoms with E-state index in [0.29, 0.717) is 12.2 Å². The van der Waals surface area contributed by atoms with Crippen LogP contribution in [0.15, 0.2) is 35.4 Å². The van der Waals surface area contributed by atoms with Gasteiger partial charge in [0.2, 0.25) is 0 Å². The Bertz CT molecular complexity index is 592. The molecule has 0 aliphatic carbocycles. The van der Waals surface area contributed by atoms with Crippen LogP contribution in [0.5, 0.6) is 11.5 Å². The van der Waals surface area contributed by atoms with Gasteiger partial charge >= 0.3 is 0 Å². The Morgan fingerprint density at radius 3 is 2.42 bits per heavy atom. The monoisotopic (exact) mass is 358 g/mol. The minimum absolute atomic E-state index is 0.362. The van der Waals surface area contributed by atoms with Gasteiger partial charge in [-0.15, -0.1) is 0 Å². The number of benzene rings is 1. The number of hydrogen-bond acceptors (Lipinski definition) is 2. The predicted molar refractivity (Wildman–Crippen MR) is 113 cm³/mol. The standard InChI is InChI=1S/C24H38O2/c1-6-7-8-9-10-14-21-17-23(25)22(24(18-21)26-5)16-15-20(4)13-11-12-19(2)3/h12,15,17-18,25H,6-11,13-14,16H2,1-5H3/b20-15+. The van der Waals surface area contributed by atoms with Gasteiger partial charge in [0, 0.05) is 5.56 Å². The Kier molecular flexibility index (Phi) is 10.8. The fourth-order valence-electron chi connectivity index (χ4n) is 3.12. The molecular formula is C24H38O2. The van der Waals surface area contributed by atoms with Crippen molar-refractivity contribution in [2.24, 2.45) is 0 Å². The molecule has 0 fully saturated rings. The summed E-state index contributed by atoms with van der Waals surface area (Å²) >= 11 is 0. The summed E-state index contributed by atoms with van der Waals surface area (Å²) in [5.41, 5.74) is 4.78. The number of unbranched alkanes of at least 4 members (excludes halogenated alkanes) is 4. The van der Waals surface area contributed by atoms with Crippen molar-refractivity contribution in [3.8, 4) is 11.5 Å². The lowest BCUT2D eigenvalue weighted by Crippen LogP contribution is -1.96. The molecule has 26 heavy (non-hydrogen) atoms. The molecule has 1 rings (SSSR count). The van der Waals surface area contributed by atoms with Crippen LogP contribution in [0.1, 0.15) is 83.8 Å². The number of allylic oxidation sites excluding steroid dienone is 4. The number of phenolic OH excluding ortho intramolecular Hbond substituents is 1. The van der Waals surface area contributed by atoms with Crippen molar-refractivity contribution >= 4 is 0 Å². The van der Waals surface area contributed by atoms with Crippen LogP contribution in [-0.4, -0.2) is 12.2 Å². The first-order valence-electron chi connectivity index (χ1n) is 10.2. The van der Waals surface area contributed by atoms with Crippen molar-refractivity contribution in [3.05, 3.63) is 46.6 Å². The quantitative estimate of drug-likeness (QED) is 0.317. The van der Waals surface area contributed by atoms with Crippen LogP contribution >= 0.6 is 0 Å². The first-order valence-corrected chi connectivity index (χ1v) is 10.2. The summed E-state index contributed by atoms with van der Waals surface area (Å²) < 4.78 is 5.56. The molecular weight excluding hydrogens is 320 g/mol.